The van der Waals surface area contributed by atoms with Gasteiger partial charge in [0.2, 0.25) is 0 Å². The first-order valence-electron chi connectivity index (χ1n) is 9.70. The number of nitrogens with one attached hydrogen (secondary N) is 1. The van der Waals surface area contributed by atoms with Gasteiger partial charge in [0, 0.05) is 28.8 Å². The van der Waals surface area contributed by atoms with Crippen molar-refractivity contribution in [2.45, 2.75) is 6.61 Å². The third-order valence-electron chi connectivity index (χ3n) is 4.58. The third kappa shape index (κ3) is 5.50. The van der Waals surface area contributed by atoms with E-state index in [9.17, 15) is 18.0 Å². The molecule has 0 radical (unpaired) electrons. The quantitative estimate of drug-likeness (QED) is 0.356. The number of hydrogen-bond acceptors (Lipinski definition) is 5. The Morgan fingerprint density at radius 3 is 2.33 bits per heavy atom. The summed E-state index contributed by atoms with van der Waals surface area (Å²) in [5, 5.41) is 4.58. The van der Waals surface area contributed by atoms with E-state index in [0.29, 0.717) is 16.4 Å². The molecule has 1 heterocycles. The molecule has 0 spiro atoms. The average molecular weight is 470 g/mol. The van der Waals surface area contributed by atoms with Gasteiger partial charge in [-0.25, -0.2) is 18.2 Å². The van der Waals surface area contributed by atoms with Crippen LogP contribution in [0.1, 0.15) is 16.1 Å². The van der Waals surface area contributed by atoms with Gasteiger partial charge < -0.3 is 14.8 Å². The van der Waals surface area contributed by atoms with E-state index in [0.717, 1.165) is 35.6 Å². The number of amides is 1. The lowest BCUT2D eigenvalue weighted by Gasteiger charge is -2.08. The van der Waals surface area contributed by atoms with Crippen LogP contribution in [0.5, 0.6) is 11.5 Å². The molecule has 0 unspecified atom stereocenters. The fourth-order valence-electron chi connectivity index (χ4n) is 2.99. The molecule has 5 nitrogen and oxygen atoms in total. The van der Waals surface area contributed by atoms with Crippen LogP contribution in [0.2, 0.25) is 0 Å². The molecule has 0 saturated heterocycles. The van der Waals surface area contributed by atoms with E-state index in [4.69, 9.17) is 9.47 Å². The minimum Gasteiger partial charge on any atom is -0.497 e. The number of halogens is 3. The number of methoxy groups -OCH3 is 1. The van der Waals surface area contributed by atoms with E-state index < -0.39 is 23.4 Å². The Labute approximate surface area is 191 Å². The van der Waals surface area contributed by atoms with Crippen molar-refractivity contribution in [1.82, 2.24) is 4.98 Å². The van der Waals surface area contributed by atoms with Crippen LogP contribution in [0, 0.1) is 17.5 Å². The van der Waals surface area contributed by atoms with Crippen molar-refractivity contribution < 1.29 is 27.4 Å². The molecule has 9 heteroatoms. The van der Waals surface area contributed by atoms with Gasteiger partial charge in [0.25, 0.3) is 5.91 Å². The number of aromatic nitrogens is 1. The number of rotatable bonds is 7. The number of carbonyl (C=O) groups excluding carboxylic acids is 1. The second kappa shape index (κ2) is 9.74. The maximum absolute atomic E-state index is 14.7. The lowest BCUT2D eigenvalue weighted by atomic mass is 10.2. The highest BCUT2D eigenvalue weighted by Gasteiger charge is 2.15. The van der Waals surface area contributed by atoms with Crippen molar-refractivity contribution in [3.8, 4) is 22.1 Å². The van der Waals surface area contributed by atoms with E-state index in [2.05, 4.69) is 10.3 Å². The van der Waals surface area contributed by atoms with Crippen LogP contribution >= 0.6 is 11.3 Å². The number of anilines is 1. The summed E-state index contributed by atoms with van der Waals surface area (Å²) >= 11 is 1.12. The summed E-state index contributed by atoms with van der Waals surface area (Å²) in [4.78, 5) is 16.7. The molecule has 0 fully saturated rings. The Hall–Kier alpha value is -3.85. The Bertz CT molecular complexity index is 1270. The minimum absolute atomic E-state index is 0.125. The summed E-state index contributed by atoms with van der Waals surface area (Å²) in [5.41, 5.74) is 1.21. The van der Waals surface area contributed by atoms with Gasteiger partial charge in [-0.1, -0.05) is 0 Å². The molecule has 1 N–H and O–H groups in total. The second-order valence-electron chi connectivity index (χ2n) is 6.93. The molecule has 0 bridgehead atoms. The Kier molecular flexibility index (Phi) is 6.60. The fourth-order valence-corrected chi connectivity index (χ4v) is 3.82. The predicted molar refractivity (Wildman–Crippen MR) is 119 cm³/mol. The first-order valence-corrected chi connectivity index (χ1v) is 10.6. The zero-order valence-electron chi connectivity index (χ0n) is 17.3. The first-order chi connectivity index (χ1) is 15.9. The highest BCUT2D eigenvalue weighted by molar-refractivity contribution is 7.13. The molecule has 3 aromatic carbocycles. The highest BCUT2D eigenvalue weighted by atomic mass is 32.1. The number of benzene rings is 3. The minimum atomic E-state index is -0.717. The third-order valence-corrected chi connectivity index (χ3v) is 5.46. The molecule has 33 heavy (non-hydrogen) atoms. The molecule has 0 atom stereocenters. The molecule has 4 rings (SSSR count). The maximum Gasteiger partial charge on any atom is 0.275 e. The van der Waals surface area contributed by atoms with Crippen molar-refractivity contribution >= 4 is 22.9 Å². The number of ether oxygens (including phenoxy) is 2. The summed E-state index contributed by atoms with van der Waals surface area (Å²) in [5.74, 6) is -1.61. The maximum atomic E-state index is 14.7. The molecule has 0 aliphatic rings. The van der Waals surface area contributed by atoms with Gasteiger partial charge >= 0.3 is 0 Å². The van der Waals surface area contributed by atoms with Crippen LogP contribution in [0.25, 0.3) is 10.6 Å². The number of nitrogens with zero attached hydrogens (tertiary/aromatic N) is 1. The number of hydrogen-bond donors (Lipinski definition) is 1. The standard InChI is InChI=1S/C24H17F3N2O3S/c1-31-18-4-2-17(3-5-18)28-23(30)22-13-33-24(29-22)20-7-6-19(11-21(20)27)32-12-14-8-15(25)10-16(26)9-14/h2-11,13H,12H2,1H3,(H,28,30). The lowest BCUT2D eigenvalue weighted by Crippen LogP contribution is -2.12. The lowest BCUT2D eigenvalue weighted by molar-refractivity contribution is 0.102. The van der Waals surface area contributed by atoms with Gasteiger partial charge in [0.1, 0.15) is 46.3 Å². The SMILES string of the molecule is COc1ccc(NC(=O)c2csc(-c3ccc(OCc4cc(F)cc(F)c4)cc3F)n2)cc1. The van der Waals surface area contributed by atoms with E-state index in [1.165, 1.54) is 17.5 Å². The Morgan fingerprint density at radius 2 is 1.67 bits per heavy atom. The summed E-state index contributed by atoms with van der Waals surface area (Å²) in [6, 6.07) is 14.0. The number of thiazole rings is 1. The molecular formula is C24H17F3N2O3S. The zero-order valence-corrected chi connectivity index (χ0v) is 18.1. The van der Waals surface area contributed by atoms with Crippen LogP contribution < -0.4 is 14.8 Å². The zero-order chi connectivity index (χ0) is 23.4. The molecule has 1 aromatic heterocycles. The van der Waals surface area contributed by atoms with E-state index in [-0.39, 0.29) is 29.2 Å². The van der Waals surface area contributed by atoms with Gasteiger partial charge in [-0.15, -0.1) is 11.3 Å². The molecule has 1 amide bonds. The van der Waals surface area contributed by atoms with Crippen LogP contribution in [-0.4, -0.2) is 18.0 Å². The van der Waals surface area contributed by atoms with E-state index in [1.807, 2.05) is 0 Å². The first kappa shape index (κ1) is 22.3. The Balaban J connectivity index is 1.43. The van der Waals surface area contributed by atoms with Gasteiger partial charge in [-0.3, -0.25) is 4.79 Å². The van der Waals surface area contributed by atoms with Gasteiger partial charge in [0.15, 0.2) is 0 Å². The largest absolute Gasteiger partial charge is 0.497 e. The van der Waals surface area contributed by atoms with Crippen molar-refractivity contribution in [3.05, 3.63) is 94.8 Å². The molecule has 0 aliphatic heterocycles. The molecular weight excluding hydrogens is 453 g/mol. The monoisotopic (exact) mass is 470 g/mol. The molecule has 0 saturated carbocycles. The smallest absolute Gasteiger partial charge is 0.275 e. The summed E-state index contributed by atoms with van der Waals surface area (Å²) < 4.78 is 51.7. The molecule has 4 aromatic rings. The topological polar surface area (TPSA) is 60.5 Å². The highest BCUT2D eigenvalue weighted by Crippen LogP contribution is 2.29. The van der Waals surface area contributed by atoms with E-state index >= 15 is 0 Å². The van der Waals surface area contributed by atoms with Crippen LogP contribution in [-0.2, 0) is 6.61 Å². The van der Waals surface area contributed by atoms with Crippen molar-refractivity contribution in [2.75, 3.05) is 12.4 Å². The number of carbonyl (C=O) groups is 1. The van der Waals surface area contributed by atoms with Crippen molar-refractivity contribution in [2.24, 2.45) is 0 Å². The summed E-state index contributed by atoms with van der Waals surface area (Å²) in [6.07, 6.45) is 0. The molecule has 0 aliphatic carbocycles. The summed E-state index contributed by atoms with van der Waals surface area (Å²) in [7, 11) is 1.55. The van der Waals surface area contributed by atoms with Gasteiger partial charge in [-0.05, 0) is 54.1 Å². The van der Waals surface area contributed by atoms with Crippen LogP contribution in [0.4, 0.5) is 18.9 Å². The van der Waals surface area contributed by atoms with E-state index in [1.54, 1.807) is 31.4 Å². The fraction of sp³-hybridized carbons (Fsp3) is 0.0833. The predicted octanol–water partition coefficient (Wildman–Crippen LogP) is 6.07. The average Bonchev–Trinajstić information content (AvgIpc) is 3.28. The second-order valence-corrected chi connectivity index (χ2v) is 7.79. The molecule has 168 valence electrons. The van der Waals surface area contributed by atoms with Crippen molar-refractivity contribution in [3.63, 3.8) is 0 Å². The van der Waals surface area contributed by atoms with Gasteiger partial charge in [-0.2, -0.15) is 0 Å². The van der Waals surface area contributed by atoms with Crippen LogP contribution in [0.3, 0.4) is 0 Å². The van der Waals surface area contributed by atoms with Crippen molar-refractivity contribution in [1.29, 1.82) is 0 Å². The Morgan fingerprint density at radius 1 is 0.970 bits per heavy atom. The normalized spacial score (nSPS) is 10.7. The van der Waals surface area contributed by atoms with Crippen LogP contribution in [0.15, 0.2) is 66.0 Å². The van der Waals surface area contributed by atoms with Gasteiger partial charge in [0.05, 0.1) is 7.11 Å². The summed E-state index contributed by atoms with van der Waals surface area (Å²) in [6.45, 7) is -0.125.